The van der Waals surface area contributed by atoms with Gasteiger partial charge in [-0.05, 0) is 17.7 Å². The number of benzene rings is 1. The maximum atomic E-state index is 12.7. The van der Waals surface area contributed by atoms with Crippen LogP contribution < -0.4 is 11.1 Å². The van der Waals surface area contributed by atoms with Gasteiger partial charge in [-0.2, -0.15) is 13.2 Å². The number of halogens is 4. The Morgan fingerprint density at radius 2 is 2.09 bits per heavy atom. The van der Waals surface area contributed by atoms with Gasteiger partial charge in [0.2, 0.25) is 5.91 Å². The first-order valence-electron chi connectivity index (χ1n) is 6.39. The van der Waals surface area contributed by atoms with Crippen molar-refractivity contribution >= 4 is 29.4 Å². The molecule has 0 saturated carbocycles. The van der Waals surface area contributed by atoms with Crippen LogP contribution in [-0.2, 0) is 4.79 Å². The number of rotatable bonds is 3. The van der Waals surface area contributed by atoms with E-state index in [0.29, 0.717) is 4.90 Å². The lowest BCUT2D eigenvalue weighted by molar-refractivity contribution is -0.145. The van der Waals surface area contributed by atoms with Crippen molar-refractivity contribution in [1.29, 1.82) is 5.41 Å². The van der Waals surface area contributed by atoms with Crippen LogP contribution in [0.25, 0.3) is 0 Å². The summed E-state index contributed by atoms with van der Waals surface area (Å²) in [6.07, 6.45) is -5.06. The molecule has 2 rings (SSSR count). The first-order valence-corrected chi connectivity index (χ1v) is 6.77. The molecule has 1 heterocycles. The summed E-state index contributed by atoms with van der Waals surface area (Å²) >= 11 is 5.77. The number of hydrogen-bond acceptors (Lipinski definition) is 3. The predicted molar refractivity (Wildman–Crippen MR) is 76.0 cm³/mol. The summed E-state index contributed by atoms with van der Waals surface area (Å²) in [7, 11) is 0. The van der Waals surface area contributed by atoms with E-state index in [9.17, 15) is 22.8 Å². The Balaban J connectivity index is 2.35. The summed E-state index contributed by atoms with van der Waals surface area (Å²) in [6, 6.07) is 3.01. The Morgan fingerprint density at radius 3 is 2.65 bits per heavy atom. The van der Waals surface area contributed by atoms with Gasteiger partial charge in [0.05, 0.1) is 12.5 Å². The van der Waals surface area contributed by atoms with Gasteiger partial charge in [-0.1, -0.05) is 17.7 Å². The summed E-state index contributed by atoms with van der Waals surface area (Å²) in [6.45, 7) is -1.49. The molecule has 4 N–H and O–H groups in total. The summed E-state index contributed by atoms with van der Waals surface area (Å²) in [5, 5.41) is 9.17. The smallest absolute Gasteiger partial charge is 0.370 e. The van der Waals surface area contributed by atoms with Gasteiger partial charge >= 0.3 is 6.18 Å². The highest BCUT2D eigenvalue weighted by Gasteiger charge is 2.43. The topological polar surface area (TPSA) is 99.3 Å². The van der Waals surface area contributed by atoms with E-state index in [4.69, 9.17) is 22.7 Å². The zero-order valence-corrected chi connectivity index (χ0v) is 12.3. The quantitative estimate of drug-likeness (QED) is 0.573. The molecular weight excluding hydrogens is 337 g/mol. The van der Waals surface area contributed by atoms with Crippen LogP contribution in [0.5, 0.6) is 0 Å². The molecule has 0 aromatic heterocycles. The van der Waals surface area contributed by atoms with Crippen molar-refractivity contribution in [2.24, 2.45) is 5.73 Å². The fourth-order valence-corrected chi connectivity index (χ4v) is 2.61. The maximum absolute atomic E-state index is 12.7. The van der Waals surface area contributed by atoms with Crippen molar-refractivity contribution in [3.8, 4) is 0 Å². The van der Waals surface area contributed by atoms with E-state index >= 15 is 0 Å². The van der Waals surface area contributed by atoms with Crippen LogP contribution in [0.1, 0.15) is 28.4 Å². The zero-order chi connectivity index (χ0) is 17.4. The molecule has 6 nitrogen and oxygen atoms in total. The monoisotopic (exact) mass is 348 g/mol. The predicted octanol–water partition coefficient (Wildman–Crippen LogP) is 1.80. The van der Waals surface area contributed by atoms with Crippen LogP contribution in [0, 0.1) is 5.41 Å². The molecule has 1 aromatic carbocycles. The Morgan fingerprint density at radius 1 is 1.43 bits per heavy atom. The number of carbonyl (C=O) groups is 2. The van der Waals surface area contributed by atoms with Crippen molar-refractivity contribution in [2.75, 3.05) is 6.54 Å². The van der Waals surface area contributed by atoms with Gasteiger partial charge in [-0.15, -0.1) is 0 Å². The standard InChI is InChI=1S/C13H12ClF3N4O2/c14-6-1-2-7-8(3-6)11(23)21(5-13(15,16)17)9(7)4-10(22)20-12(18)19/h1-3,9H,4-5H2,(H4,18,19,20,22). The highest BCUT2D eigenvalue weighted by atomic mass is 35.5. The number of guanidine groups is 1. The number of fused-ring (bicyclic) bond motifs is 1. The average molecular weight is 349 g/mol. The van der Waals surface area contributed by atoms with E-state index in [1.807, 2.05) is 5.32 Å². The van der Waals surface area contributed by atoms with Crippen molar-refractivity contribution in [3.05, 3.63) is 34.3 Å². The first kappa shape index (κ1) is 17.1. The summed E-state index contributed by atoms with van der Waals surface area (Å²) < 4.78 is 38.2. The van der Waals surface area contributed by atoms with Gasteiger partial charge in [0, 0.05) is 10.6 Å². The number of hydrogen-bond donors (Lipinski definition) is 3. The van der Waals surface area contributed by atoms with Crippen molar-refractivity contribution in [1.82, 2.24) is 10.2 Å². The van der Waals surface area contributed by atoms with Gasteiger partial charge in [-0.3, -0.25) is 20.3 Å². The maximum Gasteiger partial charge on any atom is 0.406 e. The Hall–Kier alpha value is -2.29. The summed E-state index contributed by atoms with van der Waals surface area (Å²) in [5.41, 5.74) is 5.33. The lowest BCUT2D eigenvalue weighted by atomic mass is 10.0. The van der Waals surface area contributed by atoms with Gasteiger partial charge in [0.15, 0.2) is 5.96 Å². The molecule has 124 valence electrons. The summed E-state index contributed by atoms with van der Waals surface area (Å²) in [5.74, 6) is -2.23. The van der Waals surface area contributed by atoms with Gasteiger partial charge in [0.25, 0.3) is 5.91 Å². The molecule has 23 heavy (non-hydrogen) atoms. The van der Waals surface area contributed by atoms with Gasteiger partial charge in [-0.25, -0.2) is 0 Å². The van der Waals surface area contributed by atoms with E-state index in [1.165, 1.54) is 18.2 Å². The molecule has 0 radical (unpaired) electrons. The minimum Gasteiger partial charge on any atom is -0.370 e. The molecule has 10 heteroatoms. The Kier molecular flexibility index (Phi) is 4.51. The third-order valence-corrected chi connectivity index (χ3v) is 3.48. The van der Waals surface area contributed by atoms with Crippen LogP contribution >= 0.6 is 11.6 Å². The molecule has 2 amide bonds. The molecule has 0 saturated heterocycles. The molecule has 0 spiro atoms. The molecular formula is C13H12ClF3N4O2. The minimum atomic E-state index is -4.61. The third-order valence-electron chi connectivity index (χ3n) is 3.24. The largest absolute Gasteiger partial charge is 0.406 e. The van der Waals surface area contributed by atoms with Crippen LogP contribution in [-0.4, -0.2) is 35.4 Å². The lowest BCUT2D eigenvalue weighted by Gasteiger charge is -2.26. The van der Waals surface area contributed by atoms with E-state index < -0.39 is 43.0 Å². The van der Waals surface area contributed by atoms with Crippen molar-refractivity contribution in [3.63, 3.8) is 0 Å². The number of nitrogens with zero attached hydrogens (tertiary/aromatic N) is 1. The molecule has 0 bridgehead atoms. The zero-order valence-electron chi connectivity index (χ0n) is 11.6. The van der Waals surface area contributed by atoms with Crippen molar-refractivity contribution in [2.45, 2.75) is 18.6 Å². The van der Waals surface area contributed by atoms with Crippen LogP contribution in [0.4, 0.5) is 13.2 Å². The molecule has 1 aliphatic rings. The number of nitrogens with one attached hydrogen (secondary N) is 2. The fraction of sp³-hybridized carbons (Fsp3) is 0.308. The second-order valence-corrected chi connectivity index (χ2v) is 5.40. The van der Waals surface area contributed by atoms with Crippen LogP contribution in [0.2, 0.25) is 5.02 Å². The number of nitrogens with two attached hydrogens (primary N) is 1. The number of carbonyl (C=O) groups excluding carboxylic acids is 2. The highest BCUT2D eigenvalue weighted by Crippen LogP contribution is 2.38. The molecule has 1 unspecified atom stereocenters. The molecule has 0 fully saturated rings. The van der Waals surface area contributed by atoms with Gasteiger partial charge < -0.3 is 10.6 Å². The Labute approximate surface area is 133 Å². The second-order valence-electron chi connectivity index (χ2n) is 4.96. The van der Waals surface area contributed by atoms with Crippen LogP contribution in [0.15, 0.2) is 18.2 Å². The summed E-state index contributed by atoms with van der Waals surface area (Å²) in [4.78, 5) is 24.5. The Bertz CT molecular complexity index is 678. The second kappa shape index (κ2) is 6.07. The lowest BCUT2D eigenvalue weighted by Crippen LogP contribution is -2.41. The highest BCUT2D eigenvalue weighted by molar-refractivity contribution is 6.31. The minimum absolute atomic E-state index is 0.0300. The van der Waals surface area contributed by atoms with E-state index in [1.54, 1.807) is 0 Å². The first-order chi connectivity index (χ1) is 10.6. The average Bonchev–Trinajstić information content (AvgIpc) is 2.61. The van der Waals surface area contributed by atoms with E-state index in [-0.39, 0.29) is 16.1 Å². The molecule has 1 aromatic rings. The molecule has 1 atom stereocenters. The van der Waals surface area contributed by atoms with Gasteiger partial charge in [0.1, 0.15) is 6.54 Å². The van der Waals surface area contributed by atoms with E-state index in [2.05, 4.69) is 0 Å². The molecule has 0 aliphatic carbocycles. The van der Waals surface area contributed by atoms with Crippen molar-refractivity contribution < 1.29 is 22.8 Å². The fourth-order valence-electron chi connectivity index (χ4n) is 2.44. The normalized spacial score (nSPS) is 17.1. The van der Waals surface area contributed by atoms with E-state index in [0.717, 1.165) is 0 Å². The number of amides is 2. The van der Waals surface area contributed by atoms with Crippen LogP contribution in [0.3, 0.4) is 0 Å². The third kappa shape index (κ3) is 3.92. The number of alkyl halides is 3. The molecule has 1 aliphatic heterocycles. The SMILES string of the molecule is N=C(N)NC(=O)CC1c2ccc(Cl)cc2C(=O)N1CC(F)(F)F.